The van der Waals surface area contributed by atoms with Crippen molar-refractivity contribution >= 4 is 5.97 Å². The largest absolute Gasteiger partial charge is 0.456 e. The minimum absolute atomic E-state index is 0.115. The summed E-state index contributed by atoms with van der Waals surface area (Å²) in [5, 5.41) is 0. The van der Waals surface area contributed by atoms with E-state index in [-0.39, 0.29) is 11.9 Å². The van der Waals surface area contributed by atoms with Crippen molar-refractivity contribution < 1.29 is 23.4 Å². The average Bonchev–Trinajstić information content (AvgIpc) is 2.66. The molecule has 2 aromatic carbocycles. The van der Waals surface area contributed by atoms with Gasteiger partial charge in [-0.1, -0.05) is 42.5 Å². The van der Waals surface area contributed by atoms with Crippen LogP contribution in [0.15, 0.2) is 65.9 Å². The van der Waals surface area contributed by atoms with Crippen LogP contribution in [-0.4, -0.2) is 17.9 Å². The van der Waals surface area contributed by atoms with Crippen molar-refractivity contribution in [1.29, 1.82) is 0 Å². The molecule has 0 radical (unpaired) electrons. The van der Waals surface area contributed by atoms with Gasteiger partial charge in [-0.2, -0.15) is 0 Å². The van der Waals surface area contributed by atoms with Crippen LogP contribution in [0.3, 0.4) is 0 Å². The van der Waals surface area contributed by atoms with Crippen molar-refractivity contribution in [2.45, 2.75) is 51.1 Å². The van der Waals surface area contributed by atoms with Gasteiger partial charge in [-0.25, -0.2) is 9.18 Å². The molecule has 2 aliphatic rings. The van der Waals surface area contributed by atoms with Gasteiger partial charge in [0.05, 0.1) is 6.10 Å². The zero-order valence-electron chi connectivity index (χ0n) is 16.0. The van der Waals surface area contributed by atoms with Crippen molar-refractivity contribution in [2.75, 3.05) is 0 Å². The lowest BCUT2D eigenvalue weighted by Crippen LogP contribution is -2.42. The predicted molar refractivity (Wildman–Crippen MR) is 102 cm³/mol. The number of cyclic esters (lactones) is 1. The van der Waals surface area contributed by atoms with Crippen LogP contribution in [0.4, 0.5) is 4.39 Å². The first kappa shape index (κ1) is 18.7. The normalized spacial score (nSPS) is 23.6. The number of esters is 1. The van der Waals surface area contributed by atoms with Crippen molar-refractivity contribution in [3.8, 4) is 0 Å². The Balaban J connectivity index is 1.62. The van der Waals surface area contributed by atoms with Crippen LogP contribution >= 0.6 is 0 Å². The summed E-state index contributed by atoms with van der Waals surface area (Å²) in [6.07, 6.45) is 1.41. The molecule has 2 heterocycles. The average molecular weight is 382 g/mol. The molecule has 0 N–H and O–H groups in total. The van der Waals surface area contributed by atoms with Gasteiger partial charge in [0.25, 0.3) is 0 Å². The number of benzene rings is 2. The van der Waals surface area contributed by atoms with E-state index in [1.54, 1.807) is 26.0 Å². The summed E-state index contributed by atoms with van der Waals surface area (Å²) in [6.45, 7) is 3.44. The van der Waals surface area contributed by atoms with Crippen LogP contribution in [0.1, 0.15) is 43.9 Å². The topological polar surface area (TPSA) is 44.8 Å². The van der Waals surface area contributed by atoms with Crippen LogP contribution < -0.4 is 0 Å². The quantitative estimate of drug-likeness (QED) is 0.709. The molecule has 2 atom stereocenters. The maximum absolute atomic E-state index is 13.4. The minimum Gasteiger partial charge on any atom is -0.456 e. The zero-order chi connectivity index (χ0) is 19.7. The summed E-state index contributed by atoms with van der Waals surface area (Å²) in [5.74, 6) is -1.18. The number of aryl methyl sites for hydroxylation is 1. The van der Waals surface area contributed by atoms with Gasteiger partial charge in [-0.3, -0.25) is 0 Å². The van der Waals surface area contributed by atoms with E-state index in [0.717, 1.165) is 12.8 Å². The van der Waals surface area contributed by atoms with Gasteiger partial charge in [0, 0.05) is 20.3 Å². The fourth-order valence-electron chi connectivity index (χ4n) is 3.71. The first-order valence-corrected chi connectivity index (χ1v) is 9.51. The first-order chi connectivity index (χ1) is 13.4. The summed E-state index contributed by atoms with van der Waals surface area (Å²) in [4.78, 5) is 12.7. The lowest BCUT2D eigenvalue weighted by molar-refractivity contribution is -0.217. The van der Waals surface area contributed by atoms with E-state index in [9.17, 15) is 9.18 Å². The van der Waals surface area contributed by atoms with Crippen LogP contribution in [0, 0.1) is 5.82 Å². The molecule has 2 aromatic rings. The predicted octanol–water partition coefficient (Wildman–Crippen LogP) is 4.85. The van der Waals surface area contributed by atoms with Crippen molar-refractivity contribution in [1.82, 2.24) is 0 Å². The van der Waals surface area contributed by atoms with Crippen LogP contribution in [0.2, 0.25) is 0 Å². The highest BCUT2D eigenvalue weighted by molar-refractivity contribution is 5.91. The Morgan fingerprint density at radius 3 is 2.46 bits per heavy atom. The third kappa shape index (κ3) is 3.94. The van der Waals surface area contributed by atoms with Gasteiger partial charge in [-0.15, -0.1) is 0 Å². The Morgan fingerprint density at radius 1 is 1.04 bits per heavy atom. The standard InChI is InChI=1S/C23H23FO4/c1-23(2)27-19-14-18(13-8-15-6-4-3-5-7-15)26-21(20(19)22(25)28-23)16-9-11-17(24)12-10-16/h3-7,9-12,18,21H,8,13-14H2,1-2H3/t18-,21+/m0/s1. The van der Waals surface area contributed by atoms with Crippen molar-refractivity contribution in [3.63, 3.8) is 0 Å². The number of hydrogen-bond donors (Lipinski definition) is 0. The molecular formula is C23H23FO4. The van der Waals surface area contributed by atoms with E-state index in [1.807, 2.05) is 18.2 Å². The summed E-state index contributed by atoms with van der Waals surface area (Å²) < 4.78 is 31.1. The molecule has 0 spiro atoms. The number of ether oxygens (including phenoxy) is 3. The molecule has 4 nitrogen and oxygen atoms in total. The molecule has 146 valence electrons. The molecule has 5 heteroatoms. The molecule has 28 heavy (non-hydrogen) atoms. The van der Waals surface area contributed by atoms with E-state index >= 15 is 0 Å². The molecule has 0 aromatic heterocycles. The van der Waals surface area contributed by atoms with Gasteiger partial charge < -0.3 is 14.2 Å². The second kappa shape index (κ2) is 7.40. The molecule has 0 aliphatic carbocycles. The fraction of sp³-hybridized carbons (Fsp3) is 0.348. The second-order valence-corrected chi connectivity index (χ2v) is 7.65. The summed E-state index contributed by atoms with van der Waals surface area (Å²) in [6, 6.07) is 16.2. The summed E-state index contributed by atoms with van der Waals surface area (Å²) in [5.41, 5.74) is 2.31. The Bertz CT molecular complexity index is 887. The number of halogens is 1. The van der Waals surface area contributed by atoms with Gasteiger partial charge >= 0.3 is 5.97 Å². The molecule has 0 saturated carbocycles. The van der Waals surface area contributed by atoms with Crippen LogP contribution in [0.5, 0.6) is 0 Å². The molecule has 0 saturated heterocycles. The SMILES string of the molecule is CC1(C)OC(=O)C2=C(C[C@H](CCc3ccccc3)O[C@@H]2c2ccc(F)cc2)O1. The maximum atomic E-state index is 13.4. The van der Waals surface area contributed by atoms with E-state index < -0.39 is 17.9 Å². The van der Waals surface area contributed by atoms with Crippen LogP contribution in [0.25, 0.3) is 0 Å². The van der Waals surface area contributed by atoms with Gasteiger partial charge in [0.2, 0.25) is 5.79 Å². The highest BCUT2D eigenvalue weighted by Gasteiger charge is 2.44. The van der Waals surface area contributed by atoms with Crippen molar-refractivity contribution in [2.24, 2.45) is 0 Å². The molecule has 0 unspecified atom stereocenters. The lowest BCUT2D eigenvalue weighted by Gasteiger charge is -2.40. The number of rotatable bonds is 4. The monoisotopic (exact) mass is 382 g/mol. The third-order valence-electron chi connectivity index (χ3n) is 5.00. The molecule has 0 amide bonds. The molecule has 0 bridgehead atoms. The van der Waals surface area contributed by atoms with Gasteiger partial charge in [0.1, 0.15) is 23.3 Å². The maximum Gasteiger partial charge on any atom is 0.343 e. The molecule has 2 aliphatic heterocycles. The fourth-order valence-corrected chi connectivity index (χ4v) is 3.71. The number of hydrogen-bond acceptors (Lipinski definition) is 4. The smallest absolute Gasteiger partial charge is 0.343 e. The first-order valence-electron chi connectivity index (χ1n) is 9.51. The molecule has 0 fully saturated rings. The zero-order valence-corrected chi connectivity index (χ0v) is 16.0. The van der Waals surface area contributed by atoms with Crippen LogP contribution in [-0.2, 0) is 25.4 Å². The van der Waals surface area contributed by atoms with Gasteiger partial charge in [0.15, 0.2) is 0 Å². The van der Waals surface area contributed by atoms with E-state index in [0.29, 0.717) is 23.3 Å². The highest BCUT2D eigenvalue weighted by Crippen LogP contribution is 2.43. The Labute approximate surface area is 163 Å². The second-order valence-electron chi connectivity index (χ2n) is 7.65. The molecule has 4 rings (SSSR count). The van der Waals surface area contributed by atoms with Crippen molar-refractivity contribution in [3.05, 3.63) is 82.9 Å². The minimum atomic E-state index is -1.01. The van der Waals surface area contributed by atoms with E-state index in [2.05, 4.69) is 12.1 Å². The van der Waals surface area contributed by atoms with E-state index in [4.69, 9.17) is 14.2 Å². The number of carbonyl (C=O) groups is 1. The number of carbonyl (C=O) groups excluding carboxylic acids is 1. The Kier molecular flexibility index (Phi) is 4.94. The lowest BCUT2D eigenvalue weighted by atomic mass is 9.92. The Morgan fingerprint density at radius 2 is 1.75 bits per heavy atom. The summed E-state index contributed by atoms with van der Waals surface area (Å²) in [7, 11) is 0. The van der Waals surface area contributed by atoms with E-state index in [1.165, 1.54) is 17.7 Å². The third-order valence-corrected chi connectivity index (χ3v) is 5.00. The molecular weight excluding hydrogens is 359 g/mol. The highest BCUT2D eigenvalue weighted by atomic mass is 19.1. The summed E-state index contributed by atoms with van der Waals surface area (Å²) >= 11 is 0. The Hall–Kier alpha value is -2.66. The van der Waals surface area contributed by atoms with Gasteiger partial charge in [-0.05, 0) is 36.1 Å².